The van der Waals surface area contributed by atoms with E-state index in [0.29, 0.717) is 0 Å². The minimum atomic E-state index is -9.55. The fourth-order valence-electron chi connectivity index (χ4n) is 3.32. The Labute approximate surface area is 298 Å². The zero-order chi connectivity index (χ0) is 48.7. The molecule has 0 bridgehead atoms. The molecular formula is C20H9F34O4P. The zero-order valence-electron chi connectivity index (χ0n) is 25.8. The van der Waals surface area contributed by atoms with E-state index in [1.165, 1.54) is 0 Å². The Morgan fingerprint density at radius 3 is 0.610 bits per heavy atom. The number of halogens is 34. The Kier molecular flexibility index (Phi) is 14.4. The van der Waals surface area contributed by atoms with E-state index in [1.54, 1.807) is 0 Å². The van der Waals surface area contributed by atoms with Gasteiger partial charge < -0.3 is 4.89 Å². The van der Waals surface area contributed by atoms with Crippen molar-refractivity contribution in [2.75, 3.05) is 13.2 Å². The van der Waals surface area contributed by atoms with E-state index in [1.807, 2.05) is 0 Å². The van der Waals surface area contributed by atoms with Crippen molar-refractivity contribution < 1.29 is 168 Å². The Balaban J connectivity index is 6.35. The molecule has 1 N–H and O–H groups in total. The first-order chi connectivity index (χ1) is 24.9. The lowest BCUT2D eigenvalue weighted by Gasteiger charge is -2.44. The summed E-state index contributed by atoms with van der Waals surface area (Å²) >= 11 is 0. The van der Waals surface area contributed by atoms with Crippen LogP contribution in [0, 0.1) is 0 Å². The minimum Gasteiger partial charge on any atom is -0.302 e. The summed E-state index contributed by atoms with van der Waals surface area (Å²) in [5, 5.41) is 0. The summed E-state index contributed by atoms with van der Waals surface area (Å²) in [5.41, 5.74) is 0. The molecule has 0 amide bonds. The third-order valence-electron chi connectivity index (χ3n) is 6.92. The highest BCUT2D eigenvalue weighted by Gasteiger charge is 2.98. The molecular weight excluding hydrogens is 981 g/mol. The first-order valence-electron chi connectivity index (χ1n) is 13.0. The first-order valence-corrected chi connectivity index (χ1v) is 14.5. The van der Waals surface area contributed by atoms with E-state index >= 15 is 0 Å². The van der Waals surface area contributed by atoms with Crippen molar-refractivity contribution in [3.63, 3.8) is 0 Å². The molecule has 0 radical (unpaired) electrons. The average molecular weight is 990 g/mol. The Morgan fingerprint density at radius 1 is 0.288 bits per heavy atom. The molecule has 59 heavy (non-hydrogen) atoms. The van der Waals surface area contributed by atoms with Crippen molar-refractivity contribution in [3.8, 4) is 0 Å². The summed E-state index contributed by atoms with van der Waals surface area (Å²) in [6.45, 7) is -6.14. The summed E-state index contributed by atoms with van der Waals surface area (Å²) in [5.74, 6) is -121. The van der Waals surface area contributed by atoms with Gasteiger partial charge in [-0.3, -0.25) is 9.05 Å². The van der Waals surface area contributed by atoms with Gasteiger partial charge in [0.15, 0.2) is 0 Å². The predicted molar refractivity (Wildman–Crippen MR) is 112 cm³/mol. The molecule has 1 unspecified atom stereocenters. The third kappa shape index (κ3) is 8.24. The van der Waals surface area contributed by atoms with Gasteiger partial charge in [-0.25, -0.2) is 4.57 Å². The molecule has 1 atom stereocenters. The normalized spacial score (nSPS) is 17.7. The van der Waals surface area contributed by atoms with Crippen LogP contribution >= 0.6 is 7.82 Å². The van der Waals surface area contributed by atoms with E-state index < -0.39 is 129 Å². The van der Waals surface area contributed by atoms with Gasteiger partial charge in [0.2, 0.25) is 0 Å². The van der Waals surface area contributed by atoms with Gasteiger partial charge in [0.05, 0.1) is 13.2 Å². The quantitative estimate of drug-likeness (QED) is 0.0975. The van der Waals surface area contributed by atoms with Gasteiger partial charge in [0.25, 0.3) is 0 Å². The van der Waals surface area contributed by atoms with Crippen LogP contribution < -0.4 is 0 Å². The number of phosphoric ester groups is 1. The molecule has 0 heterocycles. The monoisotopic (exact) mass is 990 g/mol. The van der Waals surface area contributed by atoms with Crippen molar-refractivity contribution in [2.24, 2.45) is 0 Å². The SMILES string of the molecule is O=P(O)(OCCC(F)(F)C(F)(F)C(F)(F)C(F)(F)C(F)(F)C(F)(F)F)OCCC(F)(F)C(F)(F)C(F)(F)C(F)(F)C(F)(F)C(F)(F)C(F)(F)C(F)(F)C(F)(F)C(F)(F)F. The number of alkyl halides is 34. The Bertz CT molecular complexity index is 1520. The number of hydrogen-bond donors (Lipinski definition) is 1. The van der Waals surface area contributed by atoms with Gasteiger partial charge in [-0.2, -0.15) is 149 Å². The van der Waals surface area contributed by atoms with Crippen molar-refractivity contribution in [1.82, 2.24) is 0 Å². The highest BCUT2D eigenvalue weighted by atomic mass is 31.2. The topological polar surface area (TPSA) is 55.8 Å². The molecule has 0 rings (SSSR count). The number of hydrogen-bond acceptors (Lipinski definition) is 3. The van der Waals surface area contributed by atoms with Gasteiger partial charge in [0.1, 0.15) is 0 Å². The molecule has 0 fully saturated rings. The molecule has 0 aliphatic carbocycles. The second-order valence-electron chi connectivity index (χ2n) is 10.9. The van der Waals surface area contributed by atoms with Crippen LogP contribution in [0.2, 0.25) is 0 Å². The predicted octanol–water partition coefficient (Wildman–Crippen LogP) is 11.9. The highest BCUT2D eigenvalue weighted by molar-refractivity contribution is 7.47. The van der Waals surface area contributed by atoms with Crippen LogP contribution in [-0.4, -0.2) is 113 Å². The molecule has 0 aliphatic heterocycles. The molecule has 4 nitrogen and oxygen atoms in total. The minimum absolute atomic E-state index is 2.99. The fourth-order valence-corrected chi connectivity index (χ4v) is 4.04. The summed E-state index contributed by atoms with van der Waals surface area (Å²) in [6, 6.07) is 0. The summed E-state index contributed by atoms with van der Waals surface area (Å²) in [4.78, 5) is 8.98. The molecule has 0 saturated carbocycles. The summed E-state index contributed by atoms with van der Waals surface area (Å²) in [7, 11) is -6.88. The largest absolute Gasteiger partial charge is 0.472 e. The standard InChI is InChI=1S/C20H9F34O4P/c21-5(22,1-3-57-59(55,56)58-4-2-6(23,24)8(27,28)10(31,32)15(41,42)17(45,46)19(49,50)51)7(25,26)9(29,30)11(33,34)12(35,36)13(37,38)14(39,40)16(43,44)18(47,48)20(52,53)54/h1-4H2,(H,55,56). The maximum Gasteiger partial charge on any atom is 0.472 e. The molecule has 0 aliphatic rings. The molecule has 356 valence electrons. The third-order valence-corrected chi connectivity index (χ3v) is 7.93. The van der Waals surface area contributed by atoms with Gasteiger partial charge in [-0.15, -0.1) is 0 Å². The van der Waals surface area contributed by atoms with E-state index in [9.17, 15) is 154 Å². The number of rotatable bonds is 20. The van der Waals surface area contributed by atoms with E-state index in [2.05, 4.69) is 9.05 Å². The summed E-state index contributed by atoms with van der Waals surface area (Å²) < 4.78 is 468. The smallest absolute Gasteiger partial charge is 0.302 e. The molecule has 39 heteroatoms. The molecule has 0 saturated heterocycles. The Hall–Kier alpha value is -2.27. The van der Waals surface area contributed by atoms with Gasteiger partial charge in [-0.05, 0) is 0 Å². The lowest BCUT2D eigenvalue weighted by Crippen LogP contribution is -2.76. The van der Waals surface area contributed by atoms with Crippen molar-refractivity contribution in [1.29, 1.82) is 0 Å². The van der Waals surface area contributed by atoms with Crippen molar-refractivity contribution >= 4 is 7.82 Å². The maximum atomic E-state index is 13.9. The fraction of sp³-hybridized carbons (Fsp3) is 1.00. The van der Waals surface area contributed by atoms with Crippen LogP contribution in [0.4, 0.5) is 149 Å². The average Bonchev–Trinajstić information content (AvgIpc) is 2.98. The molecule has 0 aromatic heterocycles. The Morgan fingerprint density at radius 2 is 0.441 bits per heavy atom. The van der Waals surface area contributed by atoms with Crippen LogP contribution in [-0.2, 0) is 13.6 Å². The molecule has 0 spiro atoms. The van der Waals surface area contributed by atoms with Crippen LogP contribution in [0.3, 0.4) is 0 Å². The number of phosphoric acid groups is 1. The summed E-state index contributed by atoms with van der Waals surface area (Å²) in [6.07, 6.45) is -23.5. The van der Waals surface area contributed by atoms with E-state index in [-0.39, 0.29) is 0 Å². The lowest BCUT2D eigenvalue weighted by atomic mass is 9.86. The lowest BCUT2D eigenvalue weighted by molar-refractivity contribution is -0.474. The maximum absolute atomic E-state index is 13.9. The van der Waals surface area contributed by atoms with E-state index in [4.69, 9.17) is 4.89 Å². The molecule has 0 aromatic carbocycles. The van der Waals surface area contributed by atoms with E-state index in [0.717, 1.165) is 0 Å². The van der Waals surface area contributed by atoms with Gasteiger partial charge >= 0.3 is 103 Å². The van der Waals surface area contributed by atoms with Crippen LogP contribution in [0.1, 0.15) is 12.8 Å². The van der Waals surface area contributed by atoms with Crippen LogP contribution in [0.5, 0.6) is 0 Å². The van der Waals surface area contributed by atoms with Crippen molar-refractivity contribution in [3.05, 3.63) is 0 Å². The second-order valence-corrected chi connectivity index (χ2v) is 12.4. The first kappa shape index (κ1) is 56.7. The highest BCUT2D eigenvalue weighted by Crippen LogP contribution is 2.67. The van der Waals surface area contributed by atoms with Gasteiger partial charge in [-0.1, -0.05) is 0 Å². The van der Waals surface area contributed by atoms with Crippen molar-refractivity contribution in [2.45, 2.75) is 108 Å². The molecule has 0 aromatic rings. The second kappa shape index (κ2) is 14.9. The van der Waals surface area contributed by atoms with Crippen LogP contribution in [0.25, 0.3) is 0 Å². The zero-order valence-corrected chi connectivity index (χ0v) is 26.7. The van der Waals surface area contributed by atoms with Crippen LogP contribution in [0.15, 0.2) is 0 Å². The van der Waals surface area contributed by atoms with Gasteiger partial charge in [0, 0.05) is 12.8 Å².